The van der Waals surface area contributed by atoms with Gasteiger partial charge in [-0.25, -0.2) is 14.6 Å². The van der Waals surface area contributed by atoms with Crippen molar-refractivity contribution in [1.82, 2.24) is 29.6 Å². The number of anilines is 1. The number of carbonyl (C=O) groups excluding carboxylic acids is 1. The lowest BCUT2D eigenvalue weighted by Crippen LogP contribution is -2.22. The first-order valence-corrected chi connectivity index (χ1v) is 11.0. The number of halogens is 1. The van der Waals surface area contributed by atoms with E-state index in [2.05, 4.69) is 26.1 Å². The third-order valence-electron chi connectivity index (χ3n) is 5.76. The Morgan fingerprint density at radius 2 is 2.03 bits per heavy atom. The van der Waals surface area contributed by atoms with E-state index in [0.29, 0.717) is 45.0 Å². The van der Waals surface area contributed by atoms with Crippen molar-refractivity contribution in [3.8, 4) is 22.9 Å². The number of amides is 1. The molecule has 0 aliphatic rings. The van der Waals surface area contributed by atoms with Crippen molar-refractivity contribution in [3.05, 3.63) is 58.3 Å². The van der Waals surface area contributed by atoms with Crippen molar-refractivity contribution in [2.24, 2.45) is 0 Å². The van der Waals surface area contributed by atoms with Crippen LogP contribution in [0.25, 0.3) is 22.2 Å². The summed E-state index contributed by atoms with van der Waals surface area (Å²) in [7, 11) is 4.82. The Hall–Kier alpha value is -4.23. The quantitative estimate of drug-likeness (QED) is 0.448. The van der Waals surface area contributed by atoms with Crippen LogP contribution in [0, 0.1) is 18.3 Å². The van der Waals surface area contributed by atoms with E-state index >= 15 is 0 Å². The molecule has 35 heavy (non-hydrogen) atoms. The highest BCUT2D eigenvalue weighted by atomic mass is 35.5. The van der Waals surface area contributed by atoms with Gasteiger partial charge in [-0.2, -0.15) is 10.4 Å². The summed E-state index contributed by atoms with van der Waals surface area (Å²) in [6.07, 6.45) is 2.92. The molecule has 0 radical (unpaired) electrons. The summed E-state index contributed by atoms with van der Waals surface area (Å²) in [5.74, 6) is 0.553. The van der Waals surface area contributed by atoms with Gasteiger partial charge >= 0.3 is 0 Å². The molecule has 4 rings (SSSR count). The second-order valence-electron chi connectivity index (χ2n) is 8.14. The molecule has 11 heteroatoms. The highest BCUT2D eigenvalue weighted by Gasteiger charge is 2.26. The minimum absolute atomic E-state index is 0.230. The minimum Gasteiger partial charge on any atom is -0.496 e. The van der Waals surface area contributed by atoms with E-state index in [9.17, 15) is 10.1 Å². The SMILES string of the molecule is COc1c([C@@H](C)n2nc(C)c3c(N)ncnc32)cc(Cl)c(C#N)c1-c1ccc(C(=O)N(C)C)nc1. The molecule has 3 heterocycles. The molecule has 1 atom stereocenters. The molecule has 0 saturated heterocycles. The molecule has 0 fully saturated rings. The number of fused-ring (bicyclic) bond motifs is 1. The van der Waals surface area contributed by atoms with E-state index in [1.807, 2.05) is 13.8 Å². The maximum Gasteiger partial charge on any atom is 0.271 e. The molecule has 2 N–H and O–H groups in total. The molecule has 0 unspecified atom stereocenters. The summed E-state index contributed by atoms with van der Waals surface area (Å²) >= 11 is 6.58. The Balaban J connectivity index is 1.92. The van der Waals surface area contributed by atoms with Gasteiger partial charge in [0.1, 0.15) is 29.7 Å². The first kappa shape index (κ1) is 23.9. The molecular formula is C24H23ClN8O2. The van der Waals surface area contributed by atoms with Gasteiger partial charge in [0.25, 0.3) is 5.91 Å². The Bertz CT molecular complexity index is 1490. The Kier molecular flexibility index (Phi) is 6.28. The average Bonchev–Trinajstić information content (AvgIpc) is 3.20. The Morgan fingerprint density at radius 1 is 1.29 bits per heavy atom. The molecule has 0 saturated carbocycles. The molecule has 4 aromatic rings. The predicted octanol–water partition coefficient (Wildman–Crippen LogP) is 3.62. The molecule has 0 bridgehead atoms. The van der Waals surface area contributed by atoms with Gasteiger partial charge in [-0.15, -0.1) is 0 Å². The number of aromatic nitrogens is 5. The van der Waals surface area contributed by atoms with E-state index in [1.54, 1.807) is 37.0 Å². The summed E-state index contributed by atoms with van der Waals surface area (Å²) in [6, 6.07) is 6.79. The lowest BCUT2D eigenvalue weighted by Gasteiger charge is -2.21. The zero-order valence-corrected chi connectivity index (χ0v) is 20.6. The maximum atomic E-state index is 12.3. The Labute approximate surface area is 206 Å². The van der Waals surface area contributed by atoms with Crippen LogP contribution in [-0.4, -0.2) is 56.7 Å². The van der Waals surface area contributed by atoms with Gasteiger partial charge in [-0.1, -0.05) is 17.7 Å². The number of rotatable bonds is 5. The first-order chi connectivity index (χ1) is 16.7. The van der Waals surface area contributed by atoms with Gasteiger partial charge in [0.2, 0.25) is 0 Å². The third-order valence-corrected chi connectivity index (χ3v) is 6.06. The molecule has 0 aliphatic carbocycles. The van der Waals surface area contributed by atoms with Crippen LogP contribution in [0.15, 0.2) is 30.7 Å². The van der Waals surface area contributed by atoms with Crippen LogP contribution in [0.2, 0.25) is 5.02 Å². The molecule has 0 aliphatic heterocycles. The highest BCUT2D eigenvalue weighted by molar-refractivity contribution is 6.32. The van der Waals surface area contributed by atoms with Crippen LogP contribution in [0.1, 0.15) is 40.3 Å². The molecule has 3 aromatic heterocycles. The van der Waals surface area contributed by atoms with Crippen molar-refractivity contribution in [3.63, 3.8) is 0 Å². The third kappa shape index (κ3) is 4.00. The number of carbonyl (C=O) groups is 1. The number of pyridine rings is 1. The normalized spacial score (nSPS) is 11.8. The number of aryl methyl sites for hydroxylation is 1. The number of nitrogens with zero attached hydrogens (tertiary/aromatic N) is 7. The molecule has 1 aromatic carbocycles. The van der Waals surface area contributed by atoms with E-state index < -0.39 is 0 Å². The number of nitrogens with two attached hydrogens (primary N) is 1. The Morgan fingerprint density at radius 3 is 2.63 bits per heavy atom. The fourth-order valence-electron chi connectivity index (χ4n) is 4.03. The van der Waals surface area contributed by atoms with Crippen LogP contribution in [0.4, 0.5) is 5.82 Å². The second kappa shape index (κ2) is 9.19. The zero-order valence-electron chi connectivity index (χ0n) is 19.9. The second-order valence-corrected chi connectivity index (χ2v) is 8.55. The van der Waals surface area contributed by atoms with Crippen molar-refractivity contribution < 1.29 is 9.53 Å². The fourth-order valence-corrected chi connectivity index (χ4v) is 4.29. The van der Waals surface area contributed by atoms with Gasteiger partial charge < -0.3 is 15.4 Å². The van der Waals surface area contributed by atoms with Crippen LogP contribution >= 0.6 is 11.6 Å². The number of nitriles is 1. The number of ether oxygens (including phenoxy) is 1. The first-order valence-electron chi connectivity index (χ1n) is 10.6. The summed E-state index contributed by atoms with van der Waals surface area (Å²) < 4.78 is 7.54. The number of benzene rings is 1. The van der Waals surface area contributed by atoms with Crippen LogP contribution in [0.3, 0.4) is 0 Å². The number of hydrogen-bond acceptors (Lipinski definition) is 8. The topological polar surface area (TPSA) is 136 Å². The number of methoxy groups -OCH3 is 1. The van der Waals surface area contributed by atoms with Gasteiger partial charge in [0, 0.05) is 37.0 Å². The van der Waals surface area contributed by atoms with Crippen LogP contribution < -0.4 is 10.5 Å². The van der Waals surface area contributed by atoms with Gasteiger partial charge in [-0.05, 0) is 26.0 Å². The highest BCUT2D eigenvalue weighted by Crippen LogP contribution is 2.43. The summed E-state index contributed by atoms with van der Waals surface area (Å²) in [6.45, 7) is 3.76. The standard InChI is InChI=1S/C24H23ClN8O2/c1-12-19-22(27)29-11-30-23(19)33(31-12)13(2)15-8-17(25)16(9-26)20(21(15)35-5)14-6-7-18(28-10-14)24(34)32(3)4/h6-8,10-11,13H,1-5H3,(H2,27,29,30)/t13-/m1/s1. The molecule has 0 spiro atoms. The van der Waals surface area contributed by atoms with Gasteiger partial charge in [0.15, 0.2) is 5.65 Å². The van der Waals surface area contributed by atoms with Crippen molar-refractivity contribution in [2.45, 2.75) is 19.9 Å². The molecule has 1 amide bonds. The smallest absolute Gasteiger partial charge is 0.271 e. The molecular weight excluding hydrogens is 468 g/mol. The minimum atomic E-state index is -0.387. The summed E-state index contributed by atoms with van der Waals surface area (Å²) in [5, 5.41) is 15.5. The zero-order chi connectivity index (χ0) is 25.4. The van der Waals surface area contributed by atoms with Gasteiger partial charge in [-0.3, -0.25) is 9.78 Å². The van der Waals surface area contributed by atoms with Crippen LogP contribution in [0.5, 0.6) is 5.75 Å². The summed E-state index contributed by atoms with van der Waals surface area (Å²) in [4.78, 5) is 26.4. The lowest BCUT2D eigenvalue weighted by atomic mass is 9.94. The predicted molar refractivity (Wildman–Crippen MR) is 132 cm³/mol. The monoisotopic (exact) mass is 490 g/mol. The van der Waals surface area contributed by atoms with E-state index in [4.69, 9.17) is 22.1 Å². The average molecular weight is 491 g/mol. The van der Waals surface area contributed by atoms with Crippen molar-refractivity contribution in [1.29, 1.82) is 5.26 Å². The molecule has 178 valence electrons. The van der Waals surface area contributed by atoms with E-state index in [1.165, 1.54) is 24.5 Å². The molecule has 10 nitrogen and oxygen atoms in total. The van der Waals surface area contributed by atoms with Crippen molar-refractivity contribution in [2.75, 3.05) is 26.9 Å². The van der Waals surface area contributed by atoms with E-state index in [-0.39, 0.29) is 28.2 Å². The maximum absolute atomic E-state index is 12.3. The summed E-state index contributed by atoms with van der Waals surface area (Å²) in [5.41, 5.74) is 9.57. The largest absolute Gasteiger partial charge is 0.496 e. The van der Waals surface area contributed by atoms with E-state index in [0.717, 1.165) is 0 Å². The number of nitrogen functional groups attached to an aromatic ring is 1. The van der Waals surface area contributed by atoms with Crippen LogP contribution in [-0.2, 0) is 0 Å². The van der Waals surface area contributed by atoms with Gasteiger partial charge in [0.05, 0.1) is 34.8 Å². The lowest BCUT2D eigenvalue weighted by molar-refractivity contribution is 0.0822. The fraction of sp³-hybridized carbons (Fsp3) is 0.250. The number of hydrogen-bond donors (Lipinski definition) is 1. The van der Waals surface area contributed by atoms with Crippen molar-refractivity contribution >= 4 is 34.4 Å².